The number of nitrogens with zero attached hydrogens (tertiary/aromatic N) is 1. The van der Waals surface area contributed by atoms with E-state index >= 15 is 0 Å². The van der Waals surface area contributed by atoms with E-state index in [4.69, 9.17) is 4.74 Å². The summed E-state index contributed by atoms with van der Waals surface area (Å²) in [6.07, 6.45) is 0. The van der Waals surface area contributed by atoms with E-state index in [0.29, 0.717) is 13.2 Å². The van der Waals surface area contributed by atoms with Crippen LogP contribution in [0.25, 0.3) is 0 Å². The second-order valence-corrected chi connectivity index (χ2v) is 8.07. The molecule has 1 aliphatic rings. The monoisotopic (exact) mass is 425 g/mol. The van der Waals surface area contributed by atoms with E-state index in [1.165, 1.54) is 28.6 Å². The standard InChI is InChI=1S/C19H17F2NO6S/c20-15-2-1-3-16(21)18(15)19(24)28-12-17(23)13-4-6-14(7-5-13)29(25,26)22-8-10-27-11-9-22/h1-7H,8-12H2. The molecule has 1 saturated heterocycles. The Labute approximate surface area is 165 Å². The summed E-state index contributed by atoms with van der Waals surface area (Å²) in [5.74, 6) is -4.15. The fourth-order valence-corrected chi connectivity index (χ4v) is 4.14. The Hall–Kier alpha value is -2.69. The molecule has 1 aliphatic heterocycles. The molecule has 0 amide bonds. The van der Waals surface area contributed by atoms with Gasteiger partial charge in [0.15, 0.2) is 12.4 Å². The lowest BCUT2D eigenvalue weighted by atomic mass is 10.1. The predicted molar refractivity (Wildman–Crippen MR) is 97.0 cm³/mol. The molecule has 1 heterocycles. The summed E-state index contributed by atoms with van der Waals surface area (Å²) in [7, 11) is -3.70. The van der Waals surface area contributed by atoms with Crippen molar-refractivity contribution >= 4 is 21.8 Å². The lowest BCUT2D eigenvalue weighted by molar-refractivity contribution is 0.0465. The van der Waals surface area contributed by atoms with E-state index in [0.717, 1.165) is 18.2 Å². The van der Waals surface area contributed by atoms with Gasteiger partial charge in [0.1, 0.15) is 17.2 Å². The van der Waals surface area contributed by atoms with Crippen LogP contribution < -0.4 is 0 Å². The van der Waals surface area contributed by atoms with Gasteiger partial charge < -0.3 is 9.47 Å². The third-order valence-electron chi connectivity index (χ3n) is 4.29. The lowest BCUT2D eigenvalue weighted by Gasteiger charge is -2.26. The number of Topliss-reactive ketones (excluding diaryl/α,β-unsaturated/α-hetero) is 1. The molecule has 0 bridgehead atoms. The smallest absolute Gasteiger partial charge is 0.344 e. The van der Waals surface area contributed by atoms with Crippen LogP contribution in [0.2, 0.25) is 0 Å². The fraction of sp³-hybridized carbons (Fsp3) is 0.263. The van der Waals surface area contributed by atoms with E-state index in [9.17, 15) is 26.8 Å². The van der Waals surface area contributed by atoms with E-state index < -0.39 is 45.6 Å². The van der Waals surface area contributed by atoms with Crippen molar-refractivity contribution in [2.45, 2.75) is 4.90 Å². The van der Waals surface area contributed by atoms with Gasteiger partial charge in [-0.1, -0.05) is 6.07 Å². The topological polar surface area (TPSA) is 90.0 Å². The molecule has 0 N–H and O–H groups in total. The van der Waals surface area contributed by atoms with Crippen LogP contribution in [0.3, 0.4) is 0 Å². The van der Waals surface area contributed by atoms with Gasteiger partial charge in [0, 0.05) is 18.7 Å². The summed E-state index contributed by atoms with van der Waals surface area (Å²) in [6.45, 7) is 0.354. The summed E-state index contributed by atoms with van der Waals surface area (Å²) in [5, 5.41) is 0. The van der Waals surface area contributed by atoms with E-state index in [1.807, 2.05) is 0 Å². The molecule has 29 heavy (non-hydrogen) atoms. The maximum absolute atomic E-state index is 13.6. The molecule has 0 radical (unpaired) electrons. The molecule has 1 fully saturated rings. The molecule has 0 aliphatic carbocycles. The zero-order chi connectivity index (χ0) is 21.0. The molecule has 10 heteroatoms. The second-order valence-electron chi connectivity index (χ2n) is 6.14. The SMILES string of the molecule is O=C(COC(=O)c1c(F)cccc1F)c1ccc(S(=O)(=O)N2CCOCC2)cc1. The van der Waals surface area contributed by atoms with Crippen LogP contribution in [0.4, 0.5) is 8.78 Å². The Morgan fingerprint density at radius 1 is 1.00 bits per heavy atom. The third kappa shape index (κ3) is 4.66. The second kappa shape index (κ2) is 8.76. The zero-order valence-corrected chi connectivity index (χ0v) is 16.0. The van der Waals surface area contributed by atoms with Crippen LogP contribution in [-0.2, 0) is 19.5 Å². The van der Waals surface area contributed by atoms with Gasteiger partial charge >= 0.3 is 5.97 Å². The Bertz CT molecular complexity index is 997. The minimum atomic E-state index is -3.70. The third-order valence-corrected chi connectivity index (χ3v) is 6.20. The predicted octanol–water partition coefficient (Wildman–Crippen LogP) is 2.03. The number of carbonyl (C=O) groups is 2. The van der Waals surface area contributed by atoms with Gasteiger partial charge in [0.25, 0.3) is 0 Å². The first-order valence-corrected chi connectivity index (χ1v) is 10.1. The van der Waals surface area contributed by atoms with Gasteiger partial charge in [-0.25, -0.2) is 22.0 Å². The van der Waals surface area contributed by atoms with Gasteiger partial charge in [-0.3, -0.25) is 4.79 Å². The van der Waals surface area contributed by atoms with E-state index in [-0.39, 0.29) is 23.5 Å². The largest absolute Gasteiger partial charge is 0.454 e. The minimum Gasteiger partial charge on any atom is -0.454 e. The molecule has 0 unspecified atom stereocenters. The highest BCUT2D eigenvalue weighted by molar-refractivity contribution is 7.89. The molecule has 7 nitrogen and oxygen atoms in total. The summed E-state index contributed by atoms with van der Waals surface area (Å²) in [5.41, 5.74) is -0.792. The molecule has 2 aromatic rings. The van der Waals surface area contributed by atoms with Crippen molar-refractivity contribution in [3.05, 3.63) is 65.2 Å². The Morgan fingerprint density at radius 3 is 2.17 bits per heavy atom. The number of halogens is 2. The highest BCUT2D eigenvalue weighted by Crippen LogP contribution is 2.18. The molecule has 154 valence electrons. The lowest BCUT2D eigenvalue weighted by Crippen LogP contribution is -2.40. The summed E-state index contributed by atoms with van der Waals surface area (Å²) < 4.78 is 63.3. The first-order valence-electron chi connectivity index (χ1n) is 8.63. The van der Waals surface area contributed by atoms with Crippen molar-refractivity contribution in [3.63, 3.8) is 0 Å². The molecule has 2 aromatic carbocycles. The number of hydrogen-bond donors (Lipinski definition) is 0. The number of morpholine rings is 1. The van der Waals surface area contributed by atoms with E-state index in [2.05, 4.69) is 4.74 Å². The number of hydrogen-bond acceptors (Lipinski definition) is 6. The van der Waals surface area contributed by atoms with Crippen molar-refractivity contribution in [2.75, 3.05) is 32.9 Å². The normalized spacial score (nSPS) is 15.1. The molecule has 0 aromatic heterocycles. The van der Waals surface area contributed by atoms with Gasteiger partial charge in [-0.05, 0) is 36.4 Å². The number of sulfonamides is 1. The van der Waals surface area contributed by atoms with Crippen LogP contribution in [0.5, 0.6) is 0 Å². The van der Waals surface area contributed by atoms with Crippen molar-refractivity contribution in [2.24, 2.45) is 0 Å². The molecular formula is C19H17F2NO6S. The fourth-order valence-electron chi connectivity index (χ4n) is 2.73. The Kier molecular flexibility index (Phi) is 6.36. The highest BCUT2D eigenvalue weighted by atomic mass is 32.2. The molecule has 0 spiro atoms. The average Bonchev–Trinajstić information content (AvgIpc) is 2.72. The zero-order valence-electron chi connectivity index (χ0n) is 15.1. The van der Waals surface area contributed by atoms with Crippen molar-refractivity contribution in [3.8, 4) is 0 Å². The van der Waals surface area contributed by atoms with Crippen molar-refractivity contribution < 1.29 is 36.3 Å². The number of ketones is 1. The van der Waals surface area contributed by atoms with Gasteiger partial charge in [-0.15, -0.1) is 0 Å². The number of benzene rings is 2. The first-order chi connectivity index (χ1) is 13.8. The van der Waals surface area contributed by atoms with Crippen LogP contribution in [-0.4, -0.2) is 57.4 Å². The van der Waals surface area contributed by atoms with Crippen LogP contribution in [0.15, 0.2) is 47.4 Å². The molecule has 0 atom stereocenters. The highest BCUT2D eigenvalue weighted by Gasteiger charge is 2.26. The number of carbonyl (C=O) groups excluding carboxylic acids is 2. The molecule has 3 rings (SSSR count). The van der Waals surface area contributed by atoms with Crippen molar-refractivity contribution in [1.29, 1.82) is 0 Å². The minimum absolute atomic E-state index is 0.0152. The summed E-state index contributed by atoms with van der Waals surface area (Å²) in [6, 6.07) is 8.01. The van der Waals surface area contributed by atoms with Crippen LogP contribution in [0, 0.1) is 11.6 Å². The Morgan fingerprint density at radius 2 is 1.59 bits per heavy atom. The maximum Gasteiger partial charge on any atom is 0.344 e. The van der Waals surface area contributed by atoms with Crippen LogP contribution >= 0.6 is 0 Å². The molecular weight excluding hydrogens is 408 g/mol. The average molecular weight is 425 g/mol. The summed E-state index contributed by atoms with van der Waals surface area (Å²) in [4.78, 5) is 24.0. The summed E-state index contributed by atoms with van der Waals surface area (Å²) >= 11 is 0. The van der Waals surface area contributed by atoms with Gasteiger partial charge in [0.2, 0.25) is 10.0 Å². The van der Waals surface area contributed by atoms with Gasteiger partial charge in [0.05, 0.1) is 18.1 Å². The number of rotatable bonds is 6. The van der Waals surface area contributed by atoms with Gasteiger partial charge in [-0.2, -0.15) is 4.31 Å². The van der Waals surface area contributed by atoms with Crippen LogP contribution in [0.1, 0.15) is 20.7 Å². The maximum atomic E-state index is 13.6. The Balaban J connectivity index is 1.65. The first kappa shape index (κ1) is 21.0. The number of ether oxygens (including phenoxy) is 2. The van der Waals surface area contributed by atoms with E-state index in [1.54, 1.807) is 0 Å². The van der Waals surface area contributed by atoms with Crippen molar-refractivity contribution in [1.82, 2.24) is 4.31 Å². The molecule has 0 saturated carbocycles. The number of esters is 1. The quantitative estimate of drug-likeness (QED) is 0.520.